The van der Waals surface area contributed by atoms with Crippen LogP contribution in [-0.4, -0.2) is 32.9 Å². The third-order valence-electron chi connectivity index (χ3n) is 4.83. The van der Waals surface area contributed by atoms with Crippen LogP contribution in [0.5, 0.6) is 0 Å². The molecular formula is C19H21FN4. The molecule has 1 saturated heterocycles. The fourth-order valence-corrected chi connectivity index (χ4v) is 3.56. The van der Waals surface area contributed by atoms with Gasteiger partial charge in [-0.1, -0.05) is 12.1 Å². The Morgan fingerprint density at radius 2 is 2.21 bits per heavy atom. The number of imidazole rings is 1. The molecule has 1 fully saturated rings. The van der Waals surface area contributed by atoms with E-state index in [2.05, 4.69) is 40.0 Å². The van der Waals surface area contributed by atoms with Crippen LogP contribution in [0.3, 0.4) is 0 Å². The first kappa shape index (κ1) is 15.3. The molecule has 0 unspecified atom stereocenters. The fraction of sp³-hybridized carbons (Fsp3) is 0.368. The Hall–Kier alpha value is -2.27. The number of aryl methyl sites for hydroxylation is 1. The minimum Gasteiger partial charge on any atom is -0.342 e. The van der Waals surface area contributed by atoms with Gasteiger partial charge in [-0.25, -0.2) is 9.37 Å². The van der Waals surface area contributed by atoms with E-state index in [1.165, 1.54) is 11.6 Å². The fourth-order valence-electron chi connectivity index (χ4n) is 3.56. The lowest BCUT2D eigenvalue weighted by atomic mass is 9.97. The first-order valence-electron chi connectivity index (χ1n) is 8.47. The summed E-state index contributed by atoms with van der Waals surface area (Å²) in [5, 5.41) is 0. The minimum absolute atomic E-state index is 0.223. The van der Waals surface area contributed by atoms with Gasteiger partial charge in [-0.2, -0.15) is 0 Å². The number of aromatic nitrogens is 3. The van der Waals surface area contributed by atoms with Crippen LogP contribution < -0.4 is 0 Å². The predicted octanol–water partition coefficient (Wildman–Crippen LogP) is 3.79. The summed E-state index contributed by atoms with van der Waals surface area (Å²) in [6.07, 6.45) is 3.86. The van der Waals surface area contributed by atoms with Gasteiger partial charge in [-0.3, -0.25) is 9.88 Å². The van der Waals surface area contributed by atoms with E-state index < -0.39 is 0 Å². The van der Waals surface area contributed by atoms with Gasteiger partial charge in [-0.05, 0) is 50.1 Å². The molecule has 3 aromatic rings. The van der Waals surface area contributed by atoms with Crippen molar-refractivity contribution in [2.24, 2.45) is 0 Å². The first-order chi connectivity index (χ1) is 11.7. The second-order valence-corrected chi connectivity index (χ2v) is 6.60. The van der Waals surface area contributed by atoms with E-state index in [0.29, 0.717) is 18.2 Å². The molecule has 3 heterocycles. The highest BCUT2D eigenvalue weighted by Crippen LogP contribution is 2.28. The van der Waals surface area contributed by atoms with Crippen molar-refractivity contribution in [1.82, 2.24) is 19.9 Å². The molecule has 2 aromatic heterocycles. The second kappa shape index (κ2) is 6.32. The summed E-state index contributed by atoms with van der Waals surface area (Å²) in [5.74, 6) is 1.18. The van der Waals surface area contributed by atoms with E-state index in [0.717, 1.165) is 42.8 Å². The summed E-state index contributed by atoms with van der Waals surface area (Å²) in [4.78, 5) is 14.8. The first-order valence-corrected chi connectivity index (χ1v) is 8.47. The molecular weight excluding hydrogens is 303 g/mol. The maximum absolute atomic E-state index is 13.8. The maximum atomic E-state index is 13.8. The molecule has 0 bridgehead atoms. The number of likely N-dealkylation sites (tertiary alicyclic amines) is 1. The zero-order valence-corrected chi connectivity index (χ0v) is 13.8. The number of hydrogen-bond donors (Lipinski definition) is 1. The lowest BCUT2D eigenvalue weighted by Gasteiger charge is -2.31. The summed E-state index contributed by atoms with van der Waals surface area (Å²) >= 11 is 0. The molecule has 0 amide bonds. The highest BCUT2D eigenvalue weighted by molar-refractivity contribution is 5.78. The number of nitrogens with one attached hydrogen (secondary N) is 1. The summed E-state index contributed by atoms with van der Waals surface area (Å²) < 4.78 is 13.8. The smallest absolute Gasteiger partial charge is 0.146 e. The molecule has 0 aliphatic carbocycles. The molecule has 24 heavy (non-hydrogen) atoms. The molecule has 1 N–H and O–H groups in total. The lowest BCUT2D eigenvalue weighted by molar-refractivity contribution is 0.192. The average Bonchev–Trinajstić information content (AvgIpc) is 3.03. The lowest BCUT2D eigenvalue weighted by Crippen LogP contribution is -2.34. The molecule has 1 aliphatic rings. The molecule has 0 radical (unpaired) electrons. The molecule has 0 saturated carbocycles. The zero-order valence-electron chi connectivity index (χ0n) is 13.8. The monoisotopic (exact) mass is 324 g/mol. The van der Waals surface area contributed by atoms with E-state index in [-0.39, 0.29) is 5.82 Å². The Morgan fingerprint density at radius 1 is 1.29 bits per heavy atom. The Kier molecular flexibility index (Phi) is 4.02. The van der Waals surface area contributed by atoms with Crippen molar-refractivity contribution in [2.75, 3.05) is 13.1 Å². The third kappa shape index (κ3) is 2.91. The molecule has 1 aromatic carbocycles. The van der Waals surface area contributed by atoms with Gasteiger partial charge in [0, 0.05) is 25.2 Å². The van der Waals surface area contributed by atoms with Crippen LogP contribution in [0.1, 0.15) is 35.8 Å². The maximum Gasteiger partial charge on any atom is 0.146 e. The molecule has 124 valence electrons. The van der Waals surface area contributed by atoms with Gasteiger partial charge in [0.1, 0.15) is 11.6 Å². The van der Waals surface area contributed by atoms with Crippen molar-refractivity contribution >= 4 is 11.0 Å². The van der Waals surface area contributed by atoms with Gasteiger partial charge in [0.2, 0.25) is 0 Å². The number of rotatable bonds is 3. The Balaban J connectivity index is 1.53. The molecule has 1 aliphatic heterocycles. The number of benzene rings is 1. The largest absolute Gasteiger partial charge is 0.342 e. The van der Waals surface area contributed by atoms with Crippen LogP contribution in [0.25, 0.3) is 11.0 Å². The van der Waals surface area contributed by atoms with Gasteiger partial charge < -0.3 is 4.98 Å². The number of halogens is 1. The number of nitrogens with zero attached hydrogens (tertiary/aromatic N) is 3. The third-order valence-corrected chi connectivity index (χ3v) is 4.83. The molecule has 4 nitrogen and oxygen atoms in total. The van der Waals surface area contributed by atoms with Crippen molar-refractivity contribution in [3.63, 3.8) is 0 Å². The molecule has 5 heteroatoms. The summed E-state index contributed by atoms with van der Waals surface area (Å²) in [6, 6.07) is 9.32. The SMILES string of the molecule is Cc1cccc2[nH]c([C@@H]3CCCN(Cc4ncccc4F)C3)nc12. The highest BCUT2D eigenvalue weighted by Gasteiger charge is 2.25. The van der Waals surface area contributed by atoms with E-state index >= 15 is 0 Å². The van der Waals surface area contributed by atoms with Gasteiger partial charge in [0.15, 0.2) is 0 Å². The Labute approximate surface area is 140 Å². The number of hydrogen-bond acceptors (Lipinski definition) is 3. The van der Waals surface area contributed by atoms with Crippen LogP contribution in [0.2, 0.25) is 0 Å². The Morgan fingerprint density at radius 3 is 3.04 bits per heavy atom. The summed E-state index contributed by atoms with van der Waals surface area (Å²) in [7, 11) is 0. The van der Waals surface area contributed by atoms with E-state index in [1.54, 1.807) is 12.3 Å². The van der Waals surface area contributed by atoms with Crippen molar-refractivity contribution < 1.29 is 4.39 Å². The zero-order chi connectivity index (χ0) is 16.5. The molecule has 0 spiro atoms. The summed E-state index contributed by atoms with van der Waals surface area (Å²) in [6.45, 7) is 4.51. The average molecular weight is 324 g/mol. The van der Waals surface area contributed by atoms with E-state index in [9.17, 15) is 4.39 Å². The quantitative estimate of drug-likeness (QED) is 0.797. The predicted molar refractivity (Wildman–Crippen MR) is 92.3 cm³/mol. The van der Waals surface area contributed by atoms with Crippen molar-refractivity contribution in [3.8, 4) is 0 Å². The van der Waals surface area contributed by atoms with Gasteiger partial charge >= 0.3 is 0 Å². The van der Waals surface area contributed by atoms with Crippen molar-refractivity contribution in [1.29, 1.82) is 0 Å². The normalized spacial score (nSPS) is 19.0. The Bertz CT molecular complexity index is 857. The standard InChI is InChI=1S/C19H21FN4/c1-13-5-2-8-16-18(13)23-19(22-16)14-6-4-10-24(11-14)12-17-15(20)7-3-9-21-17/h2-3,5,7-9,14H,4,6,10-12H2,1H3,(H,22,23)/t14-/m1/s1. The van der Waals surface area contributed by atoms with Gasteiger partial charge in [-0.15, -0.1) is 0 Å². The number of aromatic amines is 1. The van der Waals surface area contributed by atoms with Crippen molar-refractivity contribution in [2.45, 2.75) is 32.2 Å². The second-order valence-electron chi connectivity index (χ2n) is 6.60. The van der Waals surface area contributed by atoms with Crippen LogP contribution in [-0.2, 0) is 6.54 Å². The van der Waals surface area contributed by atoms with Crippen LogP contribution in [0.15, 0.2) is 36.5 Å². The van der Waals surface area contributed by atoms with Crippen LogP contribution in [0, 0.1) is 12.7 Å². The highest BCUT2D eigenvalue weighted by atomic mass is 19.1. The number of piperidine rings is 1. The number of para-hydroxylation sites is 1. The molecule has 4 rings (SSSR count). The topological polar surface area (TPSA) is 44.8 Å². The van der Waals surface area contributed by atoms with E-state index in [1.807, 2.05) is 0 Å². The van der Waals surface area contributed by atoms with Crippen molar-refractivity contribution in [3.05, 3.63) is 59.4 Å². The minimum atomic E-state index is -0.223. The number of H-pyrrole nitrogens is 1. The number of fused-ring (bicyclic) bond motifs is 1. The van der Waals surface area contributed by atoms with E-state index in [4.69, 9.17) is 4.98 Å². The van der Waals surface area contributed by atoms with Crippen LogP contribution >= 0.6 is 0 Å². The molecule has 1 atom stereocenters. The van der Waals surface area contributed by atoms with Crippen LogP contribution in [0.4, 0.5) is 4.39 Å². The van der Waals surface area contributed by atoms with Gasteiger partial charge in [0.05, 0.1) is 16.7 Å². The summed E-state index contributed by atoms with van der Waals surface area (Å²) in [5.41, 5.74) is 3.87. The van der Waals surface area contributed by atoms with Gasteiger partial charge in [0.25, 0.3) is 0 Å². The number of pyridine rings is 1.